The monoisotopic (exact) mass is 345 g/mol. The molecular formula is C17H22F3NO3. The van der Waals surface area contributed by atoms with Gasteiger partial charge in [-0.2, -0.15) is 13.2 Å². The van der Waals surface area contributed by atoms with Gasteiger partial charge in [0.1, 0.15) is 0 Å². The van der Waals surface area contributed by atoms with Crippen LogP contribution in [0, 0.1) is 12.8 Å². The zero-order chi connectivity index (χ0) is 18.5. The molecular weight excluding hydrogens is 323 g/mol. The Morgan fingerprint density at radius 1 is 1.17 bits per heavy atom. The molecule has 0 aromatic heterocycles. The molecule has 1 aromatic carbocycles. The maximum atomic E-state index is 12.3. The summed E-state index contributed by atoms with van der Waals surface area (Å²) < 4.78 is 40.6. The second kappa shape index (κ2) is 8.17. The number of hydrogen-bond acceptors (Lipinski definition) is 3. The minimum absolute atomic E-state index is 0.0217. The van der Waals surface area contributed by atoms with E-state index in [9.17, 15) is 22.8 Å². The van der Waals surface area contributed by atoms with E-state index >= 15 is 0 Å². The predicted molar refractivity (Wildman–Crippen MR) is 83.0 cm³/mol. The number of carbonyl (C=O) groups excluding carboxylic acids is 2. The van der Waals surface area contributed by atoms with Gasteiger partial charge in [0.15, 0.2) is 6.61 Å². The first-order valence-corrected chi connectivity index (χ1v) is 7.62. The Balaban J connectivity index is 2.95. The molecule has 0 aliphatic carbocycles. The molecule has 0 fully saturated rings. The van der Waals surface area contributed by atoms with Gasteiger partial charge in [0, 0.05) is 12.6 Å². The maximum absolute atomic E-state index is 12.3. The molecule has 1 aromatic rings. The number of carbonyl (C=O) groups is 2. The molecule has 4 nitrogen and oxygen atoms in total. The lowest BCUT2D eigenvalue weighted by atomic mass is 10.0. The lowest BCUT2D eigenvalue weighted by Crippen LogP contribution is -2.45. The van der Waals surface area contributed by atoms with E-state index in [2.05, 4.69) is 4.74 Å². The molecule has 0 saturated heterocycles. The number of halogens is 3. The van der Waals surface area contributed by atoms with E-state index in [4.69, 9.17) is 0 Å². The zero-order valence-electron chi connectivity index (χ0n) is 14.2. The summed E-state index contributed by atoms with van der Waals surface area (Å²) in [6.07, 6.45) is -4.67. The number of nitrogens with zero attached hydrogens (tertiary/aromatic N) is 1. The van der Waals surface area contributed by atoms with Crippen LogP contribution in [0.3, 0.4) is 0 Å². The summed E-state index contributed by atoms with van der Waals surface area (Å²) in [7, 11) is 0. The van der Waals surface area contributed by atoms with Crippen molar-refractivity contribution >= 4 is 11.9 Å². The fourth-order valence-electron chi connectivity index (χ4n) is 2.06. The molecule has 0 N–H and O–H groups in total. The highest BCUT2D eigenvalue weighted by Crippen LogP contribution is 2.19. The van der Waals surface area contributed by atoms with Crippen LogP contribution >= 0.6 is 0 Å². The first-order chi connectivity index (χ1) is 11.0. The lowest BCUT2D eigenvalue weighted by Gasteiger charge is -2.31. The van der Waals surface area contributed by atoms with Crippen molar-refractivity contribution in [1.29, 1.82) is 0 Å². The van der Waals surface area contributed by atoms with Crippen LogP contribution in [0.4, 0.5) is 13.2 Å². The standard InChI is InChI=1S/C17H22F3NO3/c1-11(2)13(4)21(9-14-8-6-5-7-12(14)3)15(22)16(23)24-10-17(18,19)20/h5-8,11,13H,9-10H2,1-4H3/t13-/m1/s1. The second-order valence-electron chi connectivity index (χ2n) is 6.04. The van der Waals surface area contributed by atoms with Gasteiger partial charge in [-0.3, -0.25) is 4.79 Å². The molecule has 7 heteroatoms. The van der Waals surface area contributed by atoms with Crippen molar-refractivity contribution in [2.75, 3.05) is 6.61 Å². The smallest absolute Gasteiger partial charge is 0.422 e. The minimum atomic E-state index is -4.67. The van der Waals surface area contributed by atoms with Gasteiger partial charge in [0.25, 0.3) is 0 Å². The van der Waals surface area contributed by atoms with Gasteiger partial charge in [-0.15, -0.1) is 0 Å². The van der Waals surface area contributed by atoms with Crippen LogP contribution in [0.1, 0.15) is 31.9 Å². The van der Waals surface area contributed by atoms with Crippen LogP contribution in [0.15, 0.2) is 24.3 Å². The lowest BCUT2D eigenvalue weighted by molar-refractivity contribution is -0.190. The van der Waals surface area contributed by atoms with Crippen molar-refractivity contribution < 1.29 is 27.5 Å². The van der Waals surface area contributed by atoms with Gasteiger partial charge in [-0.1, -0.05) is 38.1 Å². The Bertz CT molecular complexity index is 585. The molecule has 24 heavy (non-hydrogen) atoms. The highest BCUT2D eigenvalue weighted by molar-refractivity contribution is 6.32. The van der Waals surface area contributed by atoms with Crippen molar-refractivity contribution in [2.45, 2.75) is 46.5 Å². The predicted octanol–water partition coefficient (Wildman–Crippen LogP) is 3.47. The summed E-state index contributed by atoms with van der Waals surface area (Å²) >= 11 is 0. The molecule has 1 atom stereocenters. The molecule has 0 aliphatic rings. The molecule has 0 saturated carbocycles. The number of ether oxygens (including phenoxy) is 1. The average Bonchev–Trinajstić information content (AvgIpc) is 2.49. The van der Waals surface area contributed by atoms with Crippen LogP contribution in [0.5, 0.6) is 0 Å². The molecule has 0 unspecified atom stereocenters. The Morgan fingerprint density at radius 2 is 1.75 bits per heavy atom. The normalized spacial score (nSPS) is 12.8. The highest BCUT2D eigenvalue weighted by atomic mass is 19.4. The third kappa shape index (κ3) is 5.86. The topological polar surface area (TPSA) is 46.6 Å². The van der Waals surface area contributed by atoms with Crippen LogP contribution in [0.2, 0.25) is 0 Å². The quantitative estimate of drug-likeness (QED) is 0.606. The van der Waals surface area contributed by atoms with Gasteiger partial charge in [0.2, 0.25) is 0 Å². The average molecular weight is 345 g/mol. The highest BCUT2D eigenvalue weighted by Gasteiger charge is 2.34. The van der Waals surface area contributed by atoms with Gasteiger partial charge >= 0.3 is 18.1 Å². The van der Waals surface area contributed by atoms with Crippen LogP contribution in [0.25, 0.3) is 0 Å². The molecule has 0 spiro atoms. The number of amides is 1. The van der Waals surface area contributed by atoms with E-state index in [1.165, 1.54) is 4.90 Å². The van der Waals surface area contributed by atoms with Crippen molar-refractivity contribution in [1.82, 2.24) is 4.90 Å². The van der Waals surface area contributed by atoms with E-state index in [1.807, 2.05) is 39.0 Å². The zero-order valence-corrected chi connectivity index (χ0v) is 14.2. The molecule has 134 valence electrons. The molecule has 1 rings (SSSR count). The fraction of sp³-hybridized carbons (Fsp3) is 0.529. The SMILES string of the molecule is Cc1ccccc1CN(C(=O)C(=O)OCC(F)(F)F)[C@H](C)C(C)C. The summed E-state index contributed by atoms with van der Waals surface area (Å²) in [6.45, 7) is 5.70. The Hall–Kier alpha value is -2.05. The molecule has 0 aliphatic heterocycles. The number of hydrogen-bond donors (Lipinski definition) is 0. The van der Waals surface area contributed by atoms with Gasteiger partial charge < -0.3 is 9.64 Å². The van der Waals surface area contributed by atoms with Gasteiger partial charge in [-0.05, 0) is 30.9 Å². The van der Waals surface area contributed by atoms with Crippen LogP contribution < -0.4 is 0 Å². The largest absolute Gasteiger partial charge is 0.449 e. The third-order valence-electron chi connectivity index (χ3n) is 3.86. The Labute approximate surface area is 139 Å². The molecule has 0 bridgehead atoms. The van der Waals surface area contributed by atoms with Crippen molar-refractivity contribution in [3.63, 3.8) is 0 Å². The van der Waals surface area contributed by atoms with Crippen molar-refractivity contribution in [3.8, 4) is 0 Å². The fourth-order valence-corrected chi connectivity index (χ4v) is 2.06. The summed E-state index contributed by atoms with van der Waals surface area (Å²) in [5, 5.41) is 0. The summed E-state index contributed by atoms with van der Waals surface area (Å²) in [6, 6.07) is 6.97. The van der Waals surface area contributed by atoms with Crippen LogP contribution in [-0.2, 0) is 20.9 Å². The van der Waals surface area contributed by atoms with E-state index in [0.717, 1.165) is 11.1 Å². The first kappa shape index (κ1) is 20.0. The maximum Gasteiger partial charge on any atom is 0.422 e. The van der Waals surface area contributed by atoms with E-state index < -0.39 is 24.7 Å². The minimum Gasteiger partial charge on any atom is -0.449 e. The molecule has 0 radical (unpaired) electrons. The molecule has 1 amide bonds. The van der Waals surface area contributed by atoms with Crippen LogP contribution in [-0.4, -0.2) is 35.6 Å². The van der Waals surface area contributed by atoms with Gasteiger partial charge in [0.05, 0.1) is 0 Å². The summed E-state index contributed by atoms with van der Waals surface area (Å²) in [5.41, 5.74) is 1.75. The summed E-state index contributed by atoms with van der Waals surface area (Å²) in [4.78, 5) is 25.3. The Kier molecular flexibility index (Phi) is 6.81. The number of esters is 1. The summed E-state index contributed by atoms with van der Waals surface area (Å²) in [5.74, 6) is -2.54. The Morgan fingerprint density at radius 3 is 2.25 bits per heavy atom. The number of rotatable bonds is 5. The first-order valence-electron chi connectivity index (χ1n) is 7.62. The van der Waals surface area contributed by atoms with E-state index in [0.29, 0.717) is 0 Å². The number of benzene rings is 1. The van der Waals surface area contributed by atoms with Crippen molar-refractivity contribution in [2.24, 2.45) is 5.92 Å². The van der Waals surface area contributed by atoms with E-state index in [-0.39, 0.29) is 18.5 Å². The second-order valence-corrected chi connectivity index (χ2v) is 6.04. The molecule has 0 heterocycles. The number of aryl methyl sites for hydroxylation is 1. The van der Waals surface area contributed by atoms with Gasteiger partial charge in [-0.25, -0.2) is 4.79 Å². The van der Waals surface area contributed by atoms with E-state index in [1.54, 1.807) is 13.0 Å². The number of alkyl halides is 3. The third-order valence-corrected chi connectivity index (χ3v) is 3.86. The van der Waals surface area contributed by atoms with Crippen molar-refractivity contribution in [3.05, 3.63) is 35.4 Å².